The van der Waals surface area contributed by atoms with Crippen molar-refractivity contribution in [3.8, 4) is 0 Å². The van der Waals surface area contributed by atoms with Crippen molar-refractivity contribution in [3.63, 3.8) is 0 Å². The first kappa shape index (κ1) is 74.9. The molecule has 1 N–H and O–H groups in total. The van der Waals surface area contributed by atoms with Crippen LogP contribution in [-0.2, 0) is 32.7 Å². The van der Waals surface area contributed by atoms with Crippen LogP contribution in [0.15, 0.2) is 97.2 Å². The summed E-state index contributed by atoms with van der Waals surface area (Å²) in [7, 11) is 1.47. The molecule has 0 amide bonds. The second-order valence-corrected chi connectivity index (χ2v) is 23.8. The largest absolute Gasteiger partial charge is 0.472 e. The van der Waals surface area contributed by atoms with Crippen LogP contribution in [0.1, 0.15) is 271 Å². The van der Waals surface area contributed by atoms with Crippen molar-refractivity contribution in [2.24, 2.45) is 0 Å². The fraction of sp³-hybridized carbons (Fsp3) is 0.735. The van der Waals surface area contributed by atoms with Crippen LogP contribution < -0.4 is 0 Å². The minimum Gasteiger partial charge on any atom is -0.462 e. The molecule has 10 heteroatoms. The molecule has 0 bridgehead atoms. The van der Waals surface area contributed by atoms with Gasteiger partial charge in [0.1, 0.15) is 19.8 Å². The number of unbranched alkanes of at least 4 members (excludes halogenated alkanes) is 28. The number of esters is 2. The van der Waals surface area contributed by atoms with E-state index in [0.29, 0.717) is 17.4 Å². The lowest BCUT2D eigenvalue weighted by molar-refractivity contribution is -0.870. The molecule has 0 saturated heterocycles. The molecule has 2 unspecified atom stereocenters. The molecule has 0 rings (SSSR count). The van der Waals surface area contributed by atoms with Gasteiger partial charge in [-0.25, -0.2) is 4.57 Å². The molecule has 0 aliphatic carbocycles. The first-order valence-corrected chi connectivity index (χ1v) is 33.5. The van der Waals surface area contributed by atoms with Gasteiger partial charge in [-0.15, -0.1) is 0 Å². The normalized spacial score (nSPS) is 13.9. The summed E-state index contributed by atoms with van der Waals surface area (Å²) in [5, 5.41) is 0. The molecular formula is C68H121NO8P+. The summed E-state index contributed by atoms with van der Waals surface area (Å²) in [6, 6.07) is 0. The molecule has 0 fully saturated rings. The molecule has 0 aliphatic rings. The smallest absolute Gasteiger partial charge is 0.462 e. The molecule has 0 spiro atoms. The zero-order chi connectivity index (χ0) is 57.0. The topological polar surface area (TPSA) is 108 Å². The van der Waals surface area contributed by atoms with Gasteiger partial charge in [-0.05, 0) is 89.9 Å². The molecule has 0 aromatic rings. The van der Waals surface area contributed by atoms with Crippen molar-refractivity contribution in [2.75, 3.05) is 47.5 Å². The SMILES string of the molecule is CC/C=C\C/C=C\C/C=C\C/C=C\C/C=C\CCCCCCCCCCCCCCCCCCCCCCCCCC(=O)OC(COC(=O)CCCCCCC/C=C\C/C=C\C/C=C\CC)COP(=O)(O)OCC[N+](C)(C)C. The summed E-state index contributed by atoms with van der Waals surface area (Å²) in [6.07, 6.45) is 80.9. The third kappa shape index (κ3) is 62.1. The average molecular weight is 1110 g/mol. The molecule has 2 atom stereocenters. The van der Waals surface area contributed by atoms with Gasteiger partial charge in [0.15, 0.2) is 6.10 Å². The molecule has 0 radical (unpaired) electrons. The summed E-state index contributed by atoms with van der Waals surface area (Å²) < 4.78 is 34.6. The highest BCUT2D eigenvalue weighted by atomic mass is 31.2. The Balaban J connectivity index is 3.94. The number of carbonyl (C=O) groups excluding carboxylic acids is 2. The van der Waals surface area contributed by atoms with E-state index in [1.54, 1.807) is 0 Å². The van der Waals surface area contributed by atoms with Crippen molar-refractivity contribution >= 4 is 19.8 Å². The Bertz CT molecular complexity index is 1640. The summed E-state index contributed by atoms with van der Waals surface area (Å²) >= 11 is 0. The van der Waals surface area contributed by atoms with E-state index in [4.69, 9.17) is 18.5 Å². The average Bonchev–Trinajstić information content (AvgIpc) is 3.41. The van der Waals surface area contributed by atoms with Crippen LogP contribution in [0.4, 0.5) is 0 Å². The van der Waals surface area contributed by atoms with Gasteiger partial charge in [0, 0.05) is 12.8 Å². The Morgan fingerprint density at radius 1 is 0.397 bits per heavy atom. The summed E-state index contributed by atoms with van der Waals surface area (Å²) in [5.41, 5.74) is 0. The second kappa shape index (κ2) is 58.6. The van der Waals surface area contributed by atoms with Gasteiger partial charge in [0.2, 0.25) is 0 Å². The molecule has 0 aromatic heterocycles. The van der Waals surface area contributed by atoms with E-state index in [2.05, 4.69) is 111 Å². The quantitative estimate of drug-likeness (QED) is 0.0211. The van der Waals surface area contributed by atoms with Gasteiger partial charge < -0.3 is 18.9 Å². The Kier molecular flexibility index (Phi) is 56.3. The van der Waals surface area contributed by atoms with Crippen molar-refractivity contribution in [1.29, 1.82) is 0 Å². The lowest BCUT2D eigenvalue weighted by Gasteiger charge is -2.24. The maximum absolute atomic E-state index is 12.8. The third-order valence-electron chi connectivity index (χ3n) is 13.6. The summed E-state index contributed by atoms with van der Waals surface area (Å²) in [5.74, 6) is -0.812. The first-order valence-electron chi connectivity index (χ1n) is 32.0. The van der Waals surface area contributed by atoms with Crippen LogP contribution in [0.2, 0.25) is 0 Å². The Hall–Kier alpha value is -3.07. The van der Waals surface area contributed by atoms with E-state index in [1.807, 2.05) is 21.1 Å². The predicted molar refractivity (Wildman–Crippen MR) is 335 cm³/mol. The number of phosphoric ester groups is 1. The van der Waals surface area contributed by atoms with Gasteiger partial charge in [-0.3, -0.25) is 18.6 Å². The third-order valence-corrected chi connectivity index (χ3v) is 14.6. The van der Waals surface area contributed by atoms with Gasteiger partial charge in [-0.1, -0.05) is 265 Å². The predicted octanol–water partition coefficient (Wildman–Crippen LogP) is 20.4. The standard InChI is InChI=1S/C68H120NO8P/c1-6-8-10-12-14-16-18-20-22-23-24-25-26-27-28-29-30-31-32-33-34-35-36-37-38-39-40-41-42-43-44-45-47-49-51-53-55-57-59-61-68(71)77-66(65-76-78(72,73)75-63-62-69(3,4)5)64-74-67(70)60-58-56-54-52-50-48-46-21-19-17-15-13-11-9-7-2/h8-11,14-17,20-22,24-25,27-28,46,66H,6-7,12-13,18-19,23,26,29-45,47-65H2,1-5H3/p+1/b10-8-,11-9-,16-14-,17-15-,22-20-,25-24-,28-27-,46-21-. The number of carbonyl (C=O) groups is 2. The monoisotopic (exact) mass is 1110 g/mol. The fourth-order valence-corrected chi connectivity index (χ4v) is 9.51. The highest BCUT2D eigenvalue weighted by molar-refractivity contribution is 7.47. The zero-order valence-corrected chi connectivity index (χ0v) is 52.0. The number of rotatable bonds is 58. The minimum atomic E-state index is -4.39. The lowest BCUT2D eigenvalue weighted by atomic mass is 10.0. The first-order chi connectivity index (χ1) is 38.0. The molecule has 0 aromatic carbocycles. The van der Waals surface area contributed by atoms with Crippen LogP contribution in [0.5, 0.6) is 0 Å². The molecule has 450 valence electrons. The zero-order valence-electron chi connectivity index (χ0n) is 51.1. The molecule has 0 heterocycles. The van der Waals surface area contributed by atoms with Crippen LogP contribution >= 0.6 is 7.82 Å². The number of nitrogens with zero attached hydrogens (tertiary/aromatic N) is 1. The van der Waals surface area contributed by atoms with E-state index in [-0.39, 0.29) is 32.0 Å². The Labute approximate surface area is 481 Å². The minimum absolute atomic E-state index is 0.0268. The number of hydrogen-bond donors (Lipinski definition) is 1. The molecule has 0 aliphatic heterocycles. The van der Waals surface area contributed by atoms with Crippen LogP contribution in [0.3, 0.4) is 0 Å². The number of likely N-dealkylation sites (N-methyl/N-ethyl adjacent to an activating group) is 1. The second-order valence-electron chi connectivity index (χ2n) is 22.4. The summed E-state index contributed by atoms with van der Waals surface area (Å²) in [4.78, 5) is 35.7. The number of ether oxygens (including phenoxy) is 2. The van der Waals surface area contributed by atoms with E-state index in [0.717, 1.165) is 103 Å². The van der Waals surface area contributed by atoms with Crippen molar-refractivity contribution in [3.05, 3.63) is 97.2 Å². The van der Waals surface area contributed by atoms with Crippen LogP contribution in [-0.4, -0.2) is 74.9 Å². The summed E-state index contributed by atoms with van der Waals surface area (Å²) in [6.45, 7) is 4.20. The van der Waals surface area contributed by atoms with E-state index in [9.17, 15) is 19.0 Å². The highest BCUT2D eigenvalue weighted by Gasteiger charge is 2.27. The van der Waals surface area contributed by atoms with Crippen molar-refractivity contribution in [1.82, 2.24) is 0 Å². The van der Waals surface area contributed by atoms with Crippen LogP contribution in [0.25, 0.3) is 0 Å². The number of quaternary nitrogens is 1. The maximum atomic E-state index is 12.8. The van der Waals surface area contributed by atoms with E-state index >= 15 is 0 Å². The number of phosphoric acid groups is 1. The molecule has 0 saturated carbocycles. The number of hydrogen-bond acceptors (Lipinski definition) is 7. The molecule has 9 nitrogen and oxygen atoms in total. The lowest BCUT2D eigenvalue weighted by Crippen LogP contribution is -2.37. The Morgan fingerprint density at radius 2 is 0.692 bits per heavy atom. The Morgan fingerprint density at radius 3 is 1.03 bits per heavy atom. The molecule has 78 heavy (non-hydrogen) atoms. The van der Waals surface area contributed by atoms with Crippen molar-refractivity contribution in [2.45, 2.75) is 277 Å². The maximum Gasteiger partial charge on any atom is 0.472 e. The van der Waals surface area contributed by atoms with Gasteiger partial charge in [0.25, 0.3) is 0 Å². The fourth-order valence-electron chi connectivity index (χ4n) is 8.76. The van der Waals surface area contributed by atoms with Gasteiger partial charge in [-0.2, -0.15) is 0 Å². The molecular weight excluding hydrogens is 990 g/mol. The highest BCUT2D eigenvalue weighted by Crippen LogP contribution is 2.43. The van der Waals surface area contributed by atoms with E-state index in [1.165, 1.54) is 135 Å². The van der Waals surface area contributed by atoms with Crippen LogP contribution in [0, 0.1) is 0 Å². The number of allylic oxidation sites excluding steroid dienone is 16. The van der Waals surface area contributed by atoms with Crippen molar-refractivity contribution < 1.29 is 42.1 Å². The van der Waals surface area contributed by atoms with Gasteiger partial charge in [0.05, 0.1) is 27.7 Å². The van der Waals surface area contributed by atoms with E-state index < -0.39 is 26.5 Å². The van der Waals surface area contributed by atoms with Gasteiger partial charge >= 0.3 is 19.8 Å².